The van der Waals surface area contributed by atoms with Gasteiger partial charge >= 0.3 is 5.97 Å². The standard InChI is InChI=1S/C23H34O5/c1-20-7-3-15(24)12-22(20,26)9-5-18-17(20)4-8-21(2)16(6-10-23(18,21)27)14-11-19(25)28-13-14/h11,15-18,24,26-27H,3-10,12-13H2,1-2H3/t15?,16?,17-,18-,20?,21?,22?,23?/m1/s1. The van der Waals surface area contributed by atoms with E-state index >= 15 is 0 Å². The number of ether oxygens (including phenoxy) is 1. The number of hydrogen-bond acceptors (Lipinski definition) is 5. The molecule has 0 spiro atoms. The number of aliphatic hydroxyl groups excluding tert-OH is 1. The maximum absolute atomic E-state index is 12.1. The normalized spacial score (nSPS) is 55.8. The second kappa shape index (κ2) is 5.83. The number of carbonyl (C=O) groups is 1. The molecule has 1 heterocycles. The lowest BCUT2D eigenvalue weighted by molar-refractivity contribution is -0.254. The summed E-state index contributed by atoms with van der Waals surface area (Å²) in [6, 6.07) is 0. The van der Waals surface area contributed by atoms with Crippen molar-refractivity contribution in [3.8, 4) is 0 Å². The molecule has 0 aromatic carbocycles. The van der Waals surface area contributed by atoms with E-state index in [1.165, 1.54) is 0 Å². The first-order valence-corrected chi connectivity index (χ1v) is 11.1. The molecule has 0 amide bonds. The van der Waals surface area contributed by atoms with E-state index in [-0.39, 0.29) is 34.6 Å². The molecular weight excluding hydrogens is 356 g/mol. The van der Waals surface area contributed by atoms with Crippen LogP contribution in [0.4, 0.5) is 0 Å². The molecule has 1 aliphatic heterocycles. The highest BCUT2D eigenvalue weighted by Gasteiger charge is 2.70. The Hall–Kier alpha value is -0.910. The Morgan fingerprint density at radius 1 is 0.964 bits per heavy atom. The number of esters is 1. The minimum absolute atomic E-state index is 0.176. The van der Waals surface area contributed by atoms with Crippen molar-refractivity contribution in [1.82, 2.24) is 0 Å². The molecule has 5 heteroatoms. The van der Waals surface area contributed by atoms with Crippen LogP contribution in [0.25, 0.3) is 0 Å². The third-order valence-corrected chi connectivity index (χ3v) is 10.1. The van der Waals surface area contributed by atoms with Gasteiger partial charge < -0.3 is 20.1 Å². The second-order valence-corrected chi connectivity index (χ2v) is 10.9. The number of carbonyl (C=O) groups excluding carboxylic acids is 1. The lowest BCUT2D eigenvalue weighted by atomic mass is 9.42. The van der Waals surface area contributed by atoms with Gasteiger partial charge in [-0.2, -0.15) is 0 Å². The Balaban J connectivity index is 1.49. The van der Waals surface area contributed by atoms with Crippen LogP contribution in [0, 0.1) is 28.6 Å². The van der Waals surface area contributed by atoms with Crippen molar-refractivity contribution in [1.29, 1.82) is 0 Å². The molecule has 5 rings (SSSR count). The Morgan fingerprint density at radius 3 is 2.39 bits per heavy atom. The van der Waals surface area contributed by atoms with Gasteiger partial charge in [0.05, 0.1) is 17.3 Å². The lowest BCUT2D eigenvalue weighted by Gasteiger charge is -2.66. The van der Waals surface area contributed by atoms with Crippen molar-refractivity contribution >= 4 is 5.97 Å². The summed E-state index contributed by atoms with van der Waals surface area (Å²) in [6.45, 7) is 4.80. The van der Waals surface area contributed by atoms with Gasteiger partial charge in [-0.15, -0.1) is 0 Å². The van der Waals surface area contributed by atoms with E-state index in [9.17, 15) is 20.1 Å². The number of hydrogen-bond donors (Lipinski definition) is 3. The first-order chi connectivity index (χ1) is 13.1. The Morgan fingerprint density at radius 2 is 1.68 bits per heavy atom. The van der Waals surface area contributed by atoms with Crippen LogP contribution < -0.4 is 0 Å². The summed E-state index contributed by atoms with van der Waals surface area (Å²) in [5.74, 6) is 0.409. The second-order valence-electron chi connectivity index (χ2n) is 10.9. The van der Waals surface area contributed by atoms with Crippen molar-refractivity contribution in [2.24, 2.45) is 28.6 Å². The summed E-state index contributed by atoms with van der Waals surface area (Å²) in [5, 5.41) is 33.8. The summed E-state index contributed by atoms with van der Waals surface area (Å²) in [5.41, 5.74) is -0.999. The molecule has 28 heavy (non-hydrogen) atoms. The SMILES string of the molecule is CC12CC[C@@H]3[C@@H](CCC4(O)CC(O)CCC34C)C1(O)CCC2C1=CC(=O)OC1. The van der Waals surface area contributed by atoms with Crippen LogP contribution in [-0.2, 0) is 9.53 Å². The zero-order valence-corrected chi connectivity index (χ0v) is 17.1. The molecule has 4 aliphatic carbocycles. The van der Waals surface area contributed by atoms with Gasteiger partial charge in [0.2, 0.25) is 0 Å². The predicted molar refractivity (Wildman–Crippen MR) is 103 cm³/mol. The number of rotatable bonds is 1. The molecule has 156 valence electrons. The van der Waals surface area contributed by atoms with Gasteiger partial charge in [-0.05, 0) is 80.1 Å². The van der Waals surface area contributed by atoms with Crippen LogP contribution in [0.15, 0.2) is 11.6 Å². The smallest absolute Gasteiger partial charge is 0.331 e. The Bertz CT molecular complexity index is 733. The van der Waals surface area contributed by atoms with Crippen LogP contribution in [0.1, 0.15) is 71.6 Å². The maximum Gasteiger partial charge on any atom is 0.331 e. The predicted octanol–water partition coefficient (Wildman–Crippen LogP) is 2.72. The van der Waals surface area contributed by atoms with Gasteiger partial charge in [0.15, 0.2) is 0 Å². The quantitative estimate of drug-likeness (QED) is 0.599. The molecule has 0 radical (unpaired) electrons. The highest BCUT2D eigenvalue weighted by Crippen LogP contribution is 2.70. The number of fused-ring (bicyclic) bond motifs is 5. The Labute approximate surface area is 167 Å². The minimum Gasteiger partial charge on any atom is -0.458 e. The van der Waals surface area contributed by atoms with Crippen molar-refractivity contribution in [2.45, 2.75) is 88.9 Å². The fourth-order valence-electron chi connectivity index (χ4n) is 8.38. The lowest BCUT2D eigenvalue weighted by Crippen LogP contribution is -2.67. The van der Waals surface area contributed by atoms with Crippen LogP contribution in [-0.4, -0.2) is 45.2 Å². The molecule has 0 aromatic heterocycles. The summed E-state index contributed by atoms with van der Waals surface area (Å²) >= 11 is 0. The molecule has 3 N–H and O–H groups in total. The van der Waals surface area contributed by atoms with E-state index in [2.05, 4.69) is 13.8 Å². The number of aliphatic hydroxyl groups is 3. The summed E-state index contributed by atoms with van der Waals surface area (Å²) in [7, 11) is 0. The fraction of sp³-hybridized carbons (Fsp3) is 0.870. The van der Waals surface area contributed by atoms with Crippen LogP contribution in [0.3, 0.4) is 0 Å². The van der Waals surface area contributed by atoms with Gasteiger partial charge in [0.25, 0.3) is 0 Å². The maximum atomic E-state index is 12.1. The Kier molecular flexibility index (Phi) is 3.97. The molecule has 0 bridgehead atoms. The topological polar surface area (TPSA) is 87.0 Å². The van der Waals surface area contributed by atoms with Crippen LogP contribution in [0.2, 0.25) is 0 Å². The third-order valence-electron chi connectivity index (χ3n) is 10.1. The first kappa shape index (κ1) is 19.1. The van der Waals surface area contributed by atoms with Gasteiger partial charge in [-0.1, -0.05) is 13.8 Å². The highest BCUT2D eigenvalue weighted by atomic mass is 16.5. The molecule has 6 unspecified atom stereocenters. The van der Waals surface area contributed by atoms with E-state index in [4.69, 9.17) is 4.74 Å². The van der Waals surface area contributed by atoms with E-state index in [1.54, 1.807) is 6.08 Å². The molecule has 5 aliphatic rings. The largest absolute Gasteiger partial charge is 0.458 e. The first-order valence-electron chi connectivity index (χ1n) is 11.1. The number of cyclic esters (lactones) is 1. The molecule has 0 saturated heterocycles. The van der Waals surface area contributed by atoms with Crippen LogP contribution in [0.5, 0.6) is 0 Å². The summed E-state index contributed by atoms with van der Waals surface area (Å²) < 4.78 is 5.18. The zero-order chi connectivity index (χ0) is 19.9. The molecule has 0 aromatic rings. The molecule has 5 nitrogen and oxygen atoms in total. The van der Waals surface area contributed by atoms with E-state index in [1.807, 2.05) is 0 Å². The monoisotopic (exact) mass is 390 g/mol. The summed E-state index contributed by atoms with van der Waals surface area (Å²) in [4.78, 5) is 11.6. The van der Waals surface area contributed by atoms with Crippen molar-refractivity contribution in [2.75, 3.05) is 6.61 Å². The fourth-order valence-corrected chi connectivity index (χ4v) is 8.38. The van der Waals surface area contributed by atoms with Gasteiger partial charge in [0.1, 0.15) is 6.61 Å². The van der Waals surface area contributed by atoms with Crippen molar-refractivity contribution in [3.63, 3.8) is 0 Å². The van der Waals surface area contributed by atoms with Crippen molar-refractivity contribution < 1.29 is 24.9 Å². The average Bonchev–Trinajstić information content (AvgIpc) is 3.17. The minimum atomic E-state index is -0.817. The van der Waals surface area contributed by atoms with Gasteiger partial charge in [0, 0.05) is 17.9 Å². The van der Waals surface area contributed by atoms with E-state index in [0.717, 1.165) is 50.5 Å². The average molecular weight is 391 g/mol. The van der Waals surface area contributed by atoms with Crippen LogP contribution >= 0.6 is 0 Å². The third kappa shape index (κ3) is 2.21. The van der Waals surface area contributed by atoms with E-state index in [0.29, 0.717) is 19.4 Å². The zero-order valence-electron chi connectivity index (χ0n) is 17.1. The van der Waals surface area contributed by atoms with E-state index < -0.39 is 17.3 Å². The molecular formula is C23H34O5. The molecule has 8 atom stereocenters. The van der Waals surface area contributed by atoms with Gasteiger partial charge in [-0.3, -0.25) is 0 Å². The summed E-state index contributed by atoms with van der Waals surface area (Å²) in [6.07, 6.45) is 8.33. The molecule has 4 fully saturated rings. The van der Waals surface area contributed by atoms with Gasteiger partial charge in [-0.25, -0.2) is 4.79 Å². The van der Waals surface area contributed by atoms with Crippen molar-refractivity contribution in [3.05, 3.63) is 11.6 Å². The molecule has 4 saturated carbocycles. The highest BCUT2D eigenvalue weighted by molar-refractivity contribution is 5.85.